The monoisotopic (exact) mass is 349 g/mol. The maximum Gasteiger partial charge on any atom is 0.101 e. The first-order chi connectivity index (χ1) is 9.51. The summed E-state index contributed by atoms with van der Waals surface area (Å²) in [7, 11) is 0. The van der Waals surface area contributed by atoms with E-state index in [1.807, 2.05) is 18.2 Å². The summed E-state index contributed by atoms with van der Waals surface area (Å²) in [6.45, 7) is 6.34. The van der Waals surface area contributed by atoms with Crippen molar-refractivity contribution in [1.29, 1.82) is 5.26 Å². The molecular weight excluding hydrogens is 334 g/mol. The lowest BCUT2D eigenvalue weighted by Gasteiger charge is -2.14. The Morgan fingerprint density at radius 2 is 2.10 bits per heavy atom. The smallest absolute Gasteiger partial charge is 0.101 e. The van der Waals surface area contributed by atoms with E-state index in [2.05, 4.69) is 58.5 Å². The van der Waals surface area contributed by atoms with Crippen LogP contribution in [-0.2, 0) is 0 Å². The van der Waals surface area contributed by atoms with Crippen molar-refractivity contribution >= 4 is 33.0 Å². The van der Waals surface area contributed by atoms with E-state index in [9.17, 15) is 5.26 Å². The van der Waals surface area contributed by atoms with Gasteiger partial charge < -0.3 is 5.32 Å². The Labute approximate surface area is 131 Å². The Hall–Kier alpha value is -1.38. The van der Waals surface area contributed by atoms with E-state index < -0.39 is 0 Å². The highest BCUT2D eigenvalue weighted by molar-refractivity contribution is 9.10. The number of nitrogens with one attached hydrogen (secondary N) is 1. The number of halogens is 1. The van der Waals surface area contributed by atoms with Crippen molar-refractivity contribution in [3.63, 3.8) is 0 Å². The number of hydrogen-bond acceptors (Lipinski definition) is 4. The summed E-state index contributed by atoms with van der Waals surface area (Å²) in [5, 5.41) is 15.8. The molecule has 1 N–H and O–H groups in total. The lowest BCUT2D eigenvalue weighted by molar-refractivity contribution is 0.801. The zero-order valence-electron chi connectivity index (χ0n) is 11.6. The third-order valence-electron chi connectivity index (χ3n) is 2.95. The second-order valence-electron chi connectivity index (χ2n) is 4.93. The number of thiazole rings is 1. The number of rotatable bonds is 4. The van der Waals surface area contributed by atoms with E-state index in [1.54, 1.807) is 11.3 Å². The van der Waals surface area contributed by atoms with E-state index in [0.29, 0.717) is 11.5 Å². The van der Waals surface area contributed by atoms with Crippen LogP contribution in [0.25, 0.3) is 0 Å². The molecule has 0 fully saturated rings. The van der Waals surface area contributed by atoms with E-state index in [-0.39, 0.29) is 6.04 Å². The van der Waals surface area contributed by atoms with Crippen LogP contribution in [0.2, 0.25) is 0 Å². The molecule has 0 bridgehead atoms. The molecule has 20 heavy (non-hydrogen) atoms. The first-order valence-corrected chi connectivity index (χ1v) is 8.10. The molecule has 1 unspecified atom stereocenters. The Bertz CT molecular complexity index is 643. The maximum atomic E-state index is 9.18. The molecule has 2 aromatic rings. The zero-order chi connectivity index (χ0) is 14.7. The minimum absolute atomic E-state index is 0.0759. The lowest BCUT2D eigenvalue weighted by atomic mass is 10.1. The van der Waals surface area contributed by atoms with Crippen LogP contribution in [0.1, 0.15) is 49.0 Å². The molecule has 1 atom stereocenters. The van der Waals surface area contributed by atoms with Crippen LogP contribution < -0.4 is 5.32 Å². The SMILES string of the molecule is CC(C)c1nc(C(C)Nc2ccc(Br)cc2C#N)cs1. The summed E-state index contributed by atoms with van der Waals surface area (Å²) in [5.74, 6) is 0.448. The highest BCUT2D eigenvalue weighted by Gasteiger charge is 2.13. The van der Waals surface area contributed by atoms with Gasteiger partial charge in [-0.1, -0.05) is 29.8 Å². The highest BCUT2D eigenvalue weighted by atomic mass is 79.9. The predicted octanol–water partition coefficient (Wildman–Crippen LogP) is 5.07. The maximum absolute atomic E-state index is 9.18. The molecule has 1 aromatic heterocycles. The van der Waals surface area contributed by atoms with Gasteiger partial charge >= 0.3 is 0 Å². The predicted molar refractivity (Wildman–Crippen MR) is 87.1 cm³/mol. The average molecular weight is 350 g/mol. The van der Waals surface area contributed by atoms with Crippen molar-refractivity contribution in [3.05, 3.63) is 44.3 Å². The van der Waals surface area contributed by atoms with Gasteiger partial charge in [0.1, 0.15) is 6.07 Å². The number of nitriles is 1. The average Bonchev–Trinajstić information content (AvgIpc) is 2.90. The quantitative estimate of drug-likeness (QED) is 0.837. The van der Waals surface area contributed by atoms with Gasteiger partial charge in [0, 0.05) is 15.8 Å². The minimum Gasteiger partial charge on any atom is -0.376 e. The largest absolute Gasteiger partial charge is 0.376 e. The van der Waals surface area contributed by atoms with Crippen molar-refractivity contribution in [3.8, 4) is 6.07 Å². The molecule has 0 saturated heterocycles. The van der Waals surface area contributed by atoms with Gasteiger partial charge in [0.15, 0.2) is 0 Å². The molecule has 0 aliphatic carbocycles. The van der Waals surface area contributed by atoms with Crippen molar-refractivity contribution in [1.82, 2.24) is 4.98 Å². The summed E-state index contributed by atoms with van der Waals surface area (Å²) in [6.07, 6.45) is 0. The van der Waals surface area contributed by atoms with Gasteiger partial charge in [-0.3, -0.25) is 0 Å². The fourth-order valence-corrected chi connectivity index (χ4v) is 3.10. The summed E-state index contributed by atoms with van der Waals surface area (Å²) in [4.78, 5) is 4.64. The minimum atomic E-state index is 0.0759. The Kier molecular flexibility index (Phi) is 4.79. The van der Waals surface area contributed by atoms with Gasteiger partial charge in [0.05, 0.1) is 28.0 Å². The van der Waals surface area contributed by atoms with Crippen LogP contribution in [-0.4, -0.2) is 4.98 Å². The van der Waals surface area contributed by atoms with Gasteiger partial charge in [-0.25, -0.2) is 4.98 Å². The van der Waals surface area contributed by atoms with Crippen LogP contribution in [0.3, 0.4) is 0 Å². The molecule has 2 rings (SSSR count). The van der Waals surface area contributed by atoms with Crippen LogP contribution in [0, 0.1) is 11.3 Å². The molecule has 0 aliphatic rings. The molecule has 104 valence electrons. The zero-order valence-corrected chi connectivity index (χ0v) is 14.0. The van der Waals surface area contributed by atoms with Crippen LogP contribution >= 0.6 is 27.3 Å². The number of benzene rings is 1. The summed E-state index contributed by atoms with van der Waals surface area (Å²) in [6, 6.07) is 7.94. The first-order valence-electron chi connectivity index (χ1n) is 6.42. The summed E-state index contributed by atoms with van der Waals surface area (Å²) in [5.41, 5.74) is 2.48. The first kappa shape index (κ1) is 15.0. The second-order valence-corrected chi connectivity index (χ2v) is 6.74. The van der Waals surface area contributed by atoms with Crippen molar-refractivity contribution in [2.45, 2.75) is 32.7 Å². The third-order valence-corrected chi connectivity index (χ3v) is 4.61. The van der Waals surface area contributed by atoms with Gasteiger partial charge in [0.2, 0.25) is 0 Å². The highest BCUT2D eigenvalue weighted by Crippen LogP contribution is 2.27. The van der Waals surface area contributed by atoms with Gasteiger partial charge in [-0.15, -0.1) is 11.3 Å². The number of nitrogens with zero attached hydrogens (tertiary/aromatic N) is 2. The third kappa shape index (κ3) is 3.38. The molecule has 0 radical (unpaired) electrons. The Balaban J connectivity index is 2.19. The Morgan fingerprint density at radius 3 is 2.70 bits per heavy atom. The van der Waals surface area contributed by atoms with Crippen LogP contribution in [0.4, 0.5) is 5.69 Å². The summed E-state index contributed by atoms with van der Waals surface area (Å²) < 4.78 is 0.906. The molecule has 0 aliphatic heterocycles. The fourth-order valence-electron chi connectivity index (χ4n) is 1.81. The molecule has 0 spiro atoms. The van der Waals surface area contributed by atoms with Crippen molar-refractivity contribution in [2.24, 2.45) is 0 Å². The number of anilines is 1. The molecule has 5 heteroatoms. The van der Waals surface area contributed by atoms with E-state index >= 15 is 0 Å². The van der Waals surface area contributed by atoms with E-state index in [4.69, 9.17) is 0 Å². The number of aromatic nitrogens is 1. The normalized spacial score (nSPS) is 12.2. The molecule has 1 heterocycles. The van der Waals surface area contributed by atoms with Crippen molar-refractivity contribution in [2.75, 3.05) is 5.32 Å². The second kappa shape index (κ2) is 6.38. The topological polar surface area (TPSA) is 48.7 Å². The van der Waals surface area contributed by atoms with Crippen molar-refractivity contribution < 1.29 is 0 Å². The Morgan fingerprint density at radius 1 is 1.35 bits per heavy atom. The molecule has 0 saturated carbocycles. The molecule has 3 nitrogen and oxygen atoms in total. The van der Waals surface area contributed by atoms with Gasteiger partial charge in [-0.05, 0) is 25.1 Å². The molecule has 0 amide bonds. The molecular formula is C15H16BrN3S. The van der Waals surface area contributed by atoms with Crippen LogP contribution in [0.15, 0.2) is 28.1 Å². The molecule has 1 aromatic carbocycles. The van der Waals surface area contributed by atoms with E-state index in [0.717, 1.165) is 20.9 Å². The standard InChI is InChI=1S/C15H16BrN3S/c1-9(2)15-19-14(8-20-15)10(3)18-13-5-4-12(16)6-11(13)7-17/h4-6,8-10,18H,1-3H3. The fraction of sp³-hybridized carbons (Fsp3) is 0.333. The van der Waals surface area contributed by atoms with E-state index in [1.165, 1.54) is 0 Å². The van der Waals surface area contributed by atoms with Crippen LogP contribution in [0.5, 0.6) is 0 Å². The van der Waals surface area contributed by atoms with Gasteiger partial charge in [-0.2, -0.15) is 5.26 Å². The number of hydrogen-bond donors (Lipinski definition) is 1. The summed E-state index contributed by atoms with van der Waals surface area (Å²) >= 11 is 5.06. The lowest BCUT2D eigenvalue weighted by Crippen LogP contribution is -2.08. The van der Waals surface area contributed by atoms with Gasteiger partial charge in [0.25, 0.3) is 0 Å².